The van der Waals surface area contributed by atoms with Gasteiger partial charge in [0.05, 0.1) is 11.1 Å². The molecular formula is C13H18ClNS. The molecule has 0 fully saturated rings. The fourth-order valence-electron chi connectivity index (χ4n) is 2.15. The summed E-state index contributed by atoms with van der Waals surface area (Å²) < 4.78 is 0. The molecule has 3 heteroatoms. The monoisotopic (exact) mass is 255 g/mol. The minimum absolute atomic E-state index is 0.0179. The molecule has 0 saturated heterocycles. The number of hydrogen-bond donors (Lipinski definition) is 1. The lowest BCUT2D eigenvalue weighted by Gasteiger charge is -2.14. The Morgan fingerprint density at radius 2 is 2.19 bits per heavy atom. The Bertz CT molecular complexity index is 395. The molecule has 0 bridgehead atoms. The third-order valence-electron chi connectivity index (χ3n) is 3.18. The van der Waals surface area contributed by atoms with Gasteiger partial charge in [-0.3, -0.25) is 0 Å². The summed E-state index contributed by atoms with van der Waals surface area (Å²) in [5, 5.41) is 2.96. The molecule has 2 rings (SSSR count). The minimum Gasteiger partial charge on any atom is -0.320 e. The Kier molecular flexibility index (Phi) is 4.06. The molecule has 0 aliphatic heterocycles. The van der Waals surface area contributed by atoms with Crippen LogP contribution >= 0.6 is 22.9 Å². The van der Waals surface area contributed by atoms with E-state index in [0.717, 1.165) is 21.9 Å². The number of rotatable bonds is 2. The average Bonchev–Trinajstić information content (AvgIpc) is 2.53. The van der Waals surface area contributed by atoms with Crippen LogP contribution in [0.2, 0.25) is 5.02 Å². The van der Waals surface area contributed by atoms with Crippen molar-refractivity contribution in [1.29, 1.82) is 0 Å². The largest absolute Gasteiger partial charge is 0.320 e. The van der Waals surface area contributed by atoms with Crippen LogP contribution in [0.15, 0.2) is 17.0 Å². The van der Waals surface area contributed by atoms with Crippen LogP contribution in [0.25, 0.3) is 0 Å². The summed E-state index contributed by atoms with van der Waals surface area (Å²) in [5.74, 6) is 0. The number of allylic oxidation sites excluding steroid dienone is 1. The Morgan fingerprint density at radius 1 is 1.38 bits per heavy atom. The molecule has 2 N–H and O–H groups in total. The summed E-state index contributed by atoms with van der Waals surface area (Å²) in [6, 6.07) is 0.0179. The van der Waals surface area contributed by atoms with Crippen LogP contribution in [0, 0.1) is 6.92 Å². The van der Waals surface area contributed by atoms with Gasteiger partial charge in [-0.1, -0.05) is 29.7 Å². The summed E-state index contributed by atoms with van der Waals surface area (Å²) in [6.45, 7) is 2.04. The number of aryl methyl sites for hydroxylation is 1. The van der Waals surface area contributed by atoms with E-state index in [2.05, 4.69) is 11.5 Å². The summed E-state index contributed by atoms with van der Waals surface area (Å²) in [5.41, 5.74) is 8.83. The van der Waals surface area contributed by atoms with E-state index in [1.165, 1.54) is 31.3 Å². The van der Waals surface area contributed by atoms with Gasteiger partial charge in [-0.15, -0.1) is 11.3 Å². The molecule has 0 spiro atoms. The lowest BCUT2D eigenvalue weighted by Crippen LogP contribution is -2.12. The fourth-order valence-corrected chi connectivity index (χ4v) is 3.50. The van der Waals surface area contributed by atoms with Crippen molar-refractivity contribution in [2.45, 2.75) is 45.1 Å². The maximum absolute atomic E-state index is 6.31. The smallest absolute Gasteiger partial charge is 0.0620 e. The minimum atomic E-state index is 0.0179. The van der Waals surface area contributed by atoms with Gasteiger partial charge < -0.3 is 5.73 Å². The highest BCUT2D eigenvalue weighted by atomic mass is 35.5. The maximum atomic E-state index is 6.31. The topological polar surface area (TPSA) is 26.0 Å². The number of thiophene rings is 1. The predicted molar refractivity (Wildman–Crippen MR) is 72.2 cm³/mol. The van der Waals surface area contributed by atoms with E-state index in [-0.39, 0.29) is 6.04 Å². The van der Waals surface area contributed by atoms with Gasteiger partial charge in [0.25, 0.3) is 0 Å². The molecule has 0 saturated carbocycles. The van der Waals surface area contributed by atoms with E-state index in [9.17, 15) is 0 Å². The van der Waals surface area contributed by atoms with E-state index in [1.54, 1.807) is 11.3 Å². The molecule has 1 aromatic rings. The van der Waals surface area contributed by atoms with Crippen LogP contribution in [-0.4, -0.2) is 0 Å². The molecule has 0 aromatic carbocycles. The first-order valence-electron chi connectivity index (χ1n) is 5.88. The number of hydrogen-bond acceptors (Lipinski definition) is 2. The van der Waals surface area contributed by atoms with Crippen molar-refractivity contribution in [3.63, 3.8) is 0 Å². The second-order valence-electron chi connectivity index (χ2n) is 4.45. The zero-order valence-electron chi connectivity index (χ0n) is 9.63. The second kappa shape index (κ2) is 5.35. The standard InChI is InChI=1S/C13H18ClNS/c1-9-8-16-13(11(9)14)12(15)10-6-4-2-3-5-7-10/h6,8,12H,2-5,7,15H2,1H3. The first-order valence-corrected chi connectivity index (χ1v) is 7.14. The third-order valence-corrected chi connectivity index (χ3v) is 4.98. The van der Waals surface area contributed by atoms with Crippen molar-refractivity contribution in [3.8, 4) is 0 Å². The van der Waals surface area contributed by atoms with Crippen LogP contribution in [0.5, 0.6) is 0 Å². The number of halogens is 1. The Morgan fingerprint density at radius 3 is 2.88 bits per heavy atom. The maximum Gasteiger partial charge on any atom is 0.0620 e. The van der Waals surface area contributed by atoms with E-state index >= 15 is 0 Å². The second-order valence-corrected chi connectivity index (χ2v) is 5.74. The molecule has 1 nitrogen and oxygen atoms in total. The first kappa shape index (κ1) is 12.2. The van der Waals surface area contributed by atoms with E-state index in [4.69, 9.17) is 17.3 Å². The molecule has 1 aromatic heterocycles. The Balaban J connectivity index is 2.20. The van der Waals surface area contributed by atoms with Gasteiger partial charge in [-0.05, 0) is 43.6 Å². The van der Waals surface area contributed by atoms with Gasteiger partial charge in [0.2, 0.25) is 0 Å². The van der Waals surface area contributed by atoms with E-state index in [1.807, 2.05) is 6.92 Å². The van der Waals surface area contributed by atoms with Gasteiger partial charge >= 0.3 is 0 Å². The van der Waals surface area contributed by atoms with Gasteiger partial charge in [-0.25, -0.2) is 0 Å². The zero-order valence-corrected chi connectivity index (χ0v) is 11.2. The highest BCUT2D eigenvalue weighted by molar-refractivity contribution is 7.10. The molecule has 0 radical (unpaired) electrons. The van der Waals surface area contributed by atoms with Crippen molar-refractivity contribution in [2.24, 2.45) is 5.73 Å². The molecule has 1 aliphatic carbocycles. The van der Waals surface area contributed by atoms with Crippen LogP contribution in [-0.2, 0) is 0 Å². The molecule has 1 heterocycles. The summed E-state index contributed by atoms with van der Waals surface area (Å²) in [4.78, 5) is 1.13. The third kappa shape index (κ3) is 2.50. The quantitative estimate of drug-likeness (QED) is 0.768. The van der Waals surface area contributed by atoms with Crippen molar-refractivity contribution in [1.82, 2.24) is 0 Å². The average molecular weight is 256 g/mol. The van der Waals surface area contributed by atoms with Crippen molar-refractivity contribution in [2.75, 3.05) is 0 Å². The van der Waals surface area contributed by atoms with Crippen molar-refractivity contribution in [3.05, 3.63) is 32.5 Å². The Hall–Kier alpha value is -0.310. The van der Waals surface area contributed by atoms with Crippen molar-refractivity contribution < 1.29 is 0 Å². The van der Waals surface area contributed by atoms with Crippen LogP contribution in [0.4, 0.5) is 0 Å². The van der Waals surface area contributed by atoms with Gasteiger partial charge in [0.1, 0.15) is 0 Å². The Labute approximate surface area is 106 Å². The van der Waals surface area contributed by atoms with Gasteiger partial charge in [0, 0.05) is 4.88 Å². The van der Waals surface area contributed by atoms with Gasteiger partial charge in [0.15, 0.2) is 0 Å². The molecule has 1 unspecified atom stereocenters. The molecular weight excluding hydrogens is 238 g/mol. The number of nitrogens with two attached hydrogens (primary N) is 1. The lowest BCUT2D eigenvalue weighted by atomic mass is 10.0. The molecule has 1 atom stereocenters. The van der Waals surface area contributed by atoms with E-state index < -0.39 is 0 Å². The van der Waals surface area contributed by atoms with E-state index in [0.29, 0.717) is 0 Å². The summed E-state index contributed by atoms with van der Waals surface area (Å²) >= 11 is 7.95. The molecule has 16 heavy (non-hydrogen) atoms. The molecule has 0 amide bonds. The van der Waals surface area contributed by atoms with Crippen LogP contribution in [0.1, 0.15) is 48.6 Å². The van der Waals surface area contributed by atoms with Gasteiger partial charge in [-0.2, -0.15) is 0 Å². The lowest BCUT2D eigenvalue weighted by molar-refractivity contribution is 0.690. The summed E-state index contributed by atoms with van der Waals surface area (Å²) in [6.07, 6.45) is 8.52. The van der Waals surface area contributed by atoms with Crippen molar-refractivity contribution >= 4 is 22.9 Å². The SMILES string of the molecule is Cc1csc(C(N)C2=CCCCCC2)c1Cl. The van der Waals surface area contributed by atoms with Crippen LogP contribution < -0.4 is 5.73 Å². The normalized spacial score (nSPS) is 19.1. The highest BCUT2D eigenvalue weighted by Gasteiger charge is 2.18. The fraction of sp³-hybridized carbons (Fsp3) is 0.538. The molecule has 88 valence electrons. The van der Waals surface area contributed by atoms with Crippen LogP contribution in [0.3, 0.4) is 0 Å². The highest BCUT2D eigenvalue weighted by Crippen LogP contribution is 2.36. The molecule has 1 aliphatic rings. The first-order chi connectivity index (χ1) is 7.70. The zero-order chi connectivity index (χ0) is 11.5. The summed E-state index contributed by atoms with van der Waals surface area (Å²) in [7, 11) is 0. The predicted octanol–water partition coefficient (Wildman–Crippen LogP) is 4.60.